The van der Waals surface area contributed by atoms with Gasteiger partial charge in [0.05, 0.1) is 19.7 Å². The predicted molar refractivity (Wildman–Crippen MR) is 143 cm³/mol. The van der Waals surface area contributed by atoms with Crippen molar-refractivity contribution in [2.75, 3.05) is 25.0 Å². The van der Waals surface area contributed by atoms with Gasteiger partial charge in [-0.05, 0) is 36.5 Å². The molecule has 2 atom stereocenters. The number of nitrogens with two attached hydrogens (primary N) is 2. The molecule has 0 bridgehead atoms. The summed E-state index contributed by atoms with van der Waals surface area (Å²) in [4.78, 5) is 62.5. The molecule has 13 heteroatoms. The van der Waals surface area contributed by atoms with Crippen molar-refractivity contribution in [3.63, 3.8) is 0 Å². The fraction of sp³-hybridized carbons (Fsp3) is 0.423. The van der Waals surface area contributed by atoms with Crippen LogP contribution < -0.4 is 27.4 Å². The molecule has 0 radical (unpaired) electrons. The number of aliphatic hydroxyl groups is 1. The summed E-state index contributed by atoms with van der Waals surface area (Å²) in [5.74, 6) is 2.28. The van der Waals surface area contributed by atoms with Crippen LogP contribution in [0.4, 0.5) is 15.3 Å². The normalized spacial score (nSPS) is 11.7. The third-order valence-electron chi connectivity index (χ3n) is 5.34. The van der Waals surface area contributed by atoms with Gasteiger partial charge < -0.3 is 42.2 Å². The molecular weight excluding hydrogens is 508 g/mol. The average molecular weight is 543 g/mol. The lowest BCUT2D eigenvalue weighted by Gasteiger charge is -2.24. The average Bonchev–Trinajstić information content (AvgIpc) is 2.87. The molecule has 0 aliphatic rings. The molecule has 0 spiro atoms. The Morgan fingerprint density at radius 1 is 1.08 bits per heavy atom. The van der Waals surface area contributed by atoms with E-state index in [0.29, 0.717) is 0 Å². The second kappa shape index (κ2) is 16.2. The third kappa shape index (κ3) is 10.6. The standard InChI is InChI=1S/C26H34N6O7/c1-5-12-32(13-6-2)24(36)19-14-18(10-9-17(19)15-33)30-22(34)20(8-7-11-29-25(27)37)31-23(35)21(16(3)4)39-26(28)38/h1-2,9-10,14,16,20-21,33H,7-8,11-13,15H2,3-4H3,(H2,28,38)(H,30,34)(H,31,35)(H3,27,29,37). The van der Waals surface area contributed by atoms with Crippen LogP contribution in [0.2, 0.25) is 0 Å². The summed E-state index contributed by atoms with van der Waals surface area (Å²) in [5.41, 5.74) is 10.7. The number of benzene rings is 1. The van der Waals surface area contributed by atoms with E-state index in [-0.39, 0.29) is 49.3 Å². The Morgan fingerprint density at radius 2 is 1.72 bits per heavy atom. The van der Waals surface area contributed by atoms with E-state index >= 15 is 0 Å². The Balaban J connectivity index is 3.22. The van der Waals surface area contributed by atoms with Gasteiger partial charge in [0.1, 0.15) is 6.04 Å². The highest BCUT2D eigenvalue weighted by Gasteiger charge is 2.30. The highest BCUT2D eigenvalue weighted by molar-refractivity contribution is 6.01. The molecule has 1 aromatic rings. The molecule has 210 valence electrons. The van der Waals surface area contributed by atoms with E-state index in [0.717, 1.165) is 0 Å². The summed E-state index contributed by atoms with van der Waals surface area (Å²) in [6.07, 6.45) is 8.57. The second-order valence-electron chi connectivity index (χ2n) is 8.68. The molecule has 1 rings (SSSR count). The maximum absolute atomic E-state index is 13.2. The van der Waals surface area contributed by atoms with Crippen molar-refractivity contribution in [3.05, 3.63) is 29.3 Å². The Bertz CT molecular complexity index is 1120. The summed E-state index contributed by atoms with van der Waals surface area (Å²) in [7, 11) is 0. The minimum absolute atomic E-state index is 0.0671. The van der Waals surface area contributed by atoms with Crippen molar-refractivity contribution < 1.29 is 33.8 Å². The highest BCUT2D eigenvalue weighted by Crippen LogP contribution is 2.19. The van der Waals surface area contributed by atoms with Crippen LogP contribution in [-0.2, 0) is 20.9 Å². The van der Waals surface area contributed by atoms with Crippen molar-refractivity contribution >= 4 is 35.5 Å². The molecule has 0 fully saturated rings. The van der Waals surface area contributed by atoms with Crippen molar-refractivity contribution in [2.45, 2.75) is 45.4 Å². The van der Waals surface area contributed by atoms with Gasteiger partial charge in [-0.3, -0.25) is 14.4 Å². The number of nitrogens with one attached hydrogen (secondary N) is 3. The molecule has 39 heavy (non-hydrogen) atoms. The van der Waals surface area contributed by atoms with Crippen LogP contribution in [0.1, 0.15) is 42.6 Å². The van der Waals surface area contributed by atoms with Crippen LogP contribution in [0.5, 0.6) is 0 Å². The number of hydrogen-bond donors (Lipinski definition) is 6. The highest BCUT2D eigenvalue weighted by atomic mass is 16.6. The number of carbonyl (C=O) groups is 5. The van der Waals surface area contributed by atoms with E-state index in [9.17, 15) is 29.1 Å². The van der Waals surface area contributed by atoms with Crippen LogP contribution in [0.25, 0.3) is 0 Å². The largest absolute Gasteiger partial charge is 0.436 e. The quantitative estimate of drug-likeness (QED) is 0.139. The van der Waals surface area contributed by atoms with Gasteiger partial charge in [0.2, 0.25) is 5.91 Å². The first-order valence-electron chi connectivity index (χ1n) is 12.0. The molecule has 0 aliphatic heterocycles. The van der Waals surface area contributed by atoms with Gasteiger partial charge in [-0.25, -0.2) is 9.59 Å². The van der Waals surface area contributed by atoms with Crippen molar-refractivity contribution in [1.82, 2.24) is 15.5 Å². The minimum atomic E-state index is -1.26. The number of ether oxygens (including phenoxy) is 1. The van der Waals surface area contributed by atoms with Gasteiger partial charge in [-0.1, -0.05) is 31.8 Å². The summed E-state index contributed by atoms with van der Waals surface area (Å²) in [5, 5.41) is 17.3. The molecule has 0 heterocycles. The van der Waals surface area contributed by atoms with Crippen LogP contribution in [0.3, 0.4) is 0 Å². The first kappa shape index (κ1) is 32.3. The summed E-state index contributed by atoms with van der Waals surface area (Å²) >= 11 is 0. The topological polar surface area (TPSA) is 206 Å². The zero-order valence-corrected chi connectivity index (χ0v) is 21.9. The first-order valence-corrected chi connectivity index (χ1v) is 12.0. The van der Waals surface area contributed by atoms with E-state index in [4.69, 9.17) is 29.1 Å². The first-order chi connectivity index (χ1) is 18.4. The van der Waals surface area contributed by atoms with E-state index in [2.05, 4.69) is 27.8 Å². The van der Waals surface area contributed by atoms with E-state index < -0.39 is 54.5 Å². The van der Waals surface area contributed by atoms with Crippen molar-refractivity contribution in [1.29, 1.82) is 0 Å². The maximum atomic E-state index is 13.2. The Kier molecular flexibility index (Phi) is 13.4. The predicted octanol–water partition coefficient (Wildman–Crippen LogP) is -0.121. The van der Waals surface area contributed by atoms with E-state index in [1.807, 2.05) is 0 Å². The monoisotopic (exact) mass is 542 g/mol. The molecule has 1 aromatic carbocycles. The molecular formula is C26H34N6O7. The van der Waals surface area contributed by atoms with E-state index in [1.54, 1.807) is 13.8 Å². The number of anilines is 1. The molecule has 0 aliphatic carbocycles. The summed E-state index contributed by atoms with van der Waals surface area (Å²) < 4.78 is 4.89. The number of rotatable bonds is 14. The Morgan fingerprint density at radius 3 is 2.23 bits per heavy atom. The number of amides is 6. The lowest BCUT2D eigenvalue weighted by molar-refractivity contribution is -0.134. The lowest BCUT2D eigenvalue weighted by Crippen LogP contribution is -2.50. The molecule has 0 saturated carbocycles. The van der Waals surface area contributed by atoms with Crippen LogP contribution >= 0.6 is 0 Å². The van der Waals surface area contributed by atoms with Gasteiger partial charge in [-0.15, -0.1) is 12.8 Å². The molecule has 13 nitrogen and oxygen atoms in total. The van der Waals surface area contributed by atoms with E-state index in [1.165, 1.54) is 23.1 Å². The van der Waals surface area contributed by atoms with Crippen molar-refractivity contribution in [2.24, 2.45) is 17.4 Å². The van der Waals surface area contributed by atoms with Crippen LogP contribution in [0.15, 0.2) is 18.2 Å². The van der Waals surface area contributed by atoms with Gasteiger partial charge in [0.15, 0.2) is 6.10 Å². The zero-order valence-electron chi connectivity index (χ0n) is 21.9. The van der Waals surface area contributed by atoms with Gasteiger partial charge in [-0.2, -0.15) is 0 Å². The fourth-order valence-corrected chi connectivity index (χ4v) is 3.47. The van der Waals surface area contributed by atoms with Gasteiger partial charge in [0, 0.05) is 17.8 Å². The summed E-state index contributed by atoms with van der Waals surface area (Å²) in [6.45, 7) is 2.79. The number of urea groups is 1. The molecule has 0 saturated heterocycles. The number of terminal acetylenes is 2. The number of carbonyl (C=O) groups excluding carboxylic acids is 5. The SMILES string of the molecule is C#CCN(CC#C)C(=O)c1cc(NC(=O)C(CCCNC(N)=O)NC(=O)C(OC(N)=O)C(C)C)ccc1CO. The maximum Gasteiger partial charge on any atom is 0.405 e. The molecule has 0 aromatic heterocycles. The molecule has 2 unspecified atom stereocenters. The van der Waals surface area contributed by atoms with Crippen molar-refractivity contribution in [3.8, 4) is 24.7 Å². The number of aliphatic hydroxyl groups excluding tert-OH is 1. The Labute approximate surface area is 227 Å². The summed E-state index contributed by atoms with van der Waals surface area (Å²) in [6, 6.07) is 2.38. The van der Waals surface area contributed by atoms with Gasteiger partial charge >= 0.3 is 12.1 Å². The fourth-order valence-electron chi connectivity index (χ4n) is 3.47. The van der Waals surface area contributed by atoms with Crippen LogP contribution in [-0.4, -0.2) is 71.6 Å². The minimum Gasteiger partial charge on any atom is -0.436 e. The zero-order chi connectivity index (χ0) is 29.5. The van der Waals surface area contributed by atoms with Crippen LogP contribution in [0, 0.1) is 30.6 Å². The number of hydrogen-bond acceptors (Lipinski definition) is 7. The number of primary amides is 2. The number of nitrogens with zero attached hydrogens (tertiary/aromatic N) is 1. The second-order valence-corrected chi connectivity index (χ2v) is 8.68. The molecule has 6 amide bonds. The third-order valence-corrected chi connectivity index (χ3v) is 5.34. The molecule has 8 N–H and O–H groups in total. The van der Waals surface area contributed by atoms with Gasteiger partial charge in [0.25, 0.3) is 11.8 Å². The smallest absolute Gasteiger partial charge is 0.405 e. The lowest BCUT2D eigenvalue weighted by atomic mass is 10.0. The Hall–Kier alpha value is -4.75.